The van der Waals surface area contributed by atoms with Gasteiger partial charge < -0.3 is 20.1 Å². The summed E-state index contributed by atoms with van der Waals surface area (Å²) in [6, 6.07) is 28.5. The molecule has 0 aliphatic carbocycles. The number of pyridine rings is 1. The molecule has 1 heterocycles. The van der Waals surface area contributed by atoms with Crippen LogP contribution in [0.5, 0.6) is 11.5 Å². The van der Waals surface area contributed by atoms with Gasteiger partial charge >= 0.3 is 5.97 Å². The summed E-state index contributed by atoms with van der Waals surface area (Å²) >= 11 is 0. The van der Waals surface area contributed by atoms with Gasteiger partial charge in [-0.2, -0.15) is 0 Å². The van der Waals surface area contributed by atoms with Crippen molar-refractivity contribution in [2.45, 2.75) is 31.8 Å². The van der Waals surface area contributed by atoms with Crippen LogP contribution in [0.15, 0.2) is 103 Å². The number of esters is 1. The van der Waals surface area contributed by atoms with E-state index in [1.54, 1.807) is 37.3 Å². The Morgan fingerprint density at radius 2 is 1.30 bits per heavy atom. The van der Waals surface area contributed by atoms with Crippen LogP contribution >= 0.6 is 0 Å². The number of hydrogen-bond acceptors (Lipinski definition) is 6. The predicted molar refractivity (Wildman–Crippen MR) is 151 cm³/mol. The summed E-state index contributed by atoms with van der Waals surface area (Å²) in [6.07, 6.45) is 1.37. The van der Waals surface area contributed by atoms with E-state index in [4.69, 9.17) is 9.47 Å². The van der Waals surface area contributed by atoms with Crippen LogP contribution in [-0.4, -0.2) is 42.0 Å². The number of benzene rings is 3. The molecule has 2 atom stereocenters. The fourth-order valence-electron chi connectivity index (χ4n) is 4.43. The lowest BCUT2D eigenvalue weighted by atomic mass is 9.85. The van der Waals surface area contributed by atoms with E-state index in [0.717, 1.165) is 11.1 Å². The molecule has 0 saturated heterocycles. The van der Waals surface area contributed by atoms with Gasteiger partial charge in [0.1, 0.15) is 6.04 Å². The Balaban J connectivity index is 1.49. The highest BCUT2D eigenvalue weighted by atomic mass is 16.6. The number of nitrogens with zero attached hydrogens (tertiary/aromatic N) is 1. The first-order chi connectivity index (χ1) is 19.4. The molecule has 8 nitrogen and oxygen atoms in total. The van der Waals surface area contributed by atoms with Crippen LogP contribution < -0.4 is 20.1 Å². The molecule has 4 rings (SSSR count). The monoisotopic (exact) mass is 537 g/mol. The fraction of sp³-hybridized carbons (Fsp3) is 0.188. The highest BCUT2D eigenvalue weighted by Gasteiger charge is 2.28. The molecular formula is C32H31N3O5. The molecule has 0 saturated carbocycles. The molecule has 2 N–H and O–H groups in total. The van der Waals surface area contributed by atoms with Gasteiger partial charge in [-0.05, 0) is 37.1 Å². The second-order valence-electron chi connectivity index (χ2n) is 9.24. The van der Waals surface area contributed by atoms with E-state index < -0.39 is 17.9 Å². The summed E-state index contributed by atoms with van der Waals surface area (Å²) < 4.78 is 10.8. The van der Waals surface area contributed by atoms with Gasteiger partial charge in [0, 0.05) is 24.2 Å². The third-order valence-corrected chi connectivity index (χ3v) is 6.44. The summed E-state index contributed by atoms with van der Waals surface area (Å²) in [5.74, 6) is -1.81. The Kier molecular flexibility index (Phi) is 9.25. The van der Waals surface area contributed by atoms with Crippen LogP contribution in [-0.2, 0) is 4.79 Å². The average molecular weight is 538 g/mol. The van der Waals surface area contributed by atoms with Crippen molar-refractivity contribution >= 4 is 17.8 Å². The smallest absolute Gasteiger partial charge is 0.343 e. The zero-order chi connectivity index (χ0) is 28.5. The van der Waals surface area contributed by atoms with Crippen molar-refractivity contribution in [1.82, 2.24) is 15.6 Å². The van der Waals surface area contributed by atoms with Gasteiger partial charge in [-0.1, -0.05) is 78.9 Å². The third kappa shape index (κ3) is 6.71. The number of amides is 2. The summed E-state index contributed by atoms with van der Waals surface area (Å²) in [4.78, 5) is 43.2. The molecule has 0 fully saturated rings. The number of rotatable bonds is 10. The van der Waals surface area contributed by atoms with E-state index in [9.17, 15) is 14.4 Å². The van der Waals surface area contributed by atoms with Crippen molar-refractivity contribution in [2.24, 2.45) is 0 Å². The number of aromatic nitrogens is 1. The quantitative estimate of drug-likeness (QED) is 0.283. The van der Waals surface area contributed by atoms with Crippen molar-refractivity contribution in [2.75, 3.05) is 7.11 Å². The largest absolute Gasteiger partial charge is 0.493 e. The van der Waals surface area contributed by atoms with Gasteiger partial charge in [0.2, 0.25) is 11.7 Å². The van der Waals surface area contributed by atoms with E-state index >= 15 is 0 Å². The molecule has 0 unspecified atom stereocenters. The van der Waals surface area contributed by atoms with Crippen molar-refractivity contribution in [3.8, 4) is 11.5 Å². The van der Waals surface area contributed by atoms with Crippen LogP contribution in [0.25, 0.3) is 0 Å². The first-order valence-electron chi connectivity index (χ1n) is 12.9. The number of hydrogen-bond donors (Lipinski definition) is 2. The van der Waals surface area contributed by atoms with Crippen molar-refractivity contribution in [3.63, 3.8) is 0 Å². The summed E-state index contributed by atoms with van der Waals surface area (Å²) in [7, 11) is 1.39. The minimum absolute atomic E-state index is 0.0988. The number of carbonyl (C=O) groups excluding carboxylic acids is 3. The van der Waals surface area contributed by atoms with E-state index in [-0.39, 0.29) is 35.1 Å². The van der Waals surface area contributed by atoms with Crippen LogP contribution in [0, 0.1) is 0 Å². The molecule has 8 heteroatoms. The minimum Gasteiger partial charge on any atom is -0.493 e. The normalized spacial score (nSPS) is 12.2. The molecule has 1 aromatic heterocycles. The van der Waals surface area contributed by atoms with E-state index in [1.165, 1.54) is 19.4 Å². The van der Waals surface area contributed by atoms with Gasteiger partial charge in [-0.25, -0.2) is 9.78 Å². The Morgan fingerprint density at radius 3 is 1.85 bits per heavy atom. The Labute approximate surface area is 233 Å². The maximum absolute atomic E-state index is 13.2. The summed E-state index contributed by atoms with van der Waals surface area (Å²) in [5, 5.41) is 5.70. The molecule has 0 bridgehead atoms. The van der Waals surface area contributed by atoms with E-state index in [2.05, 4.69) is 15.6 Å². The van der Waals surface area contributed by atoms with Crippen molar-refractivity contribution < 1.29 is 23.9 Å². The molecule has 3 aromatic carbocycles. The van der Waals surface area contributed by atoms with Gasteiger partial charge in [0.25, 0.3) is 5.91 Å². The summed E-state index contributed by atoms with van der Waals surface area (Å²) in [5.41, 5.74) is 2.24. The maximum atomic E-state index is 13.2. The number of nitrogens with one attached hydrogen (secondary N) is 2. The average Bonchev–Trinajstić information content (AvgIpc) is 2.98. The van der Waals surface area contributed by atoms with Crippen LogP contribution in [0.4, 0.5) is 0 Å². The minimum atomic E-state index is -0.909. The molecule has 0 aliphatic rings. The number of carbonyl (C=O) groups is 3. The zero-order valence-electron chi connectivity index (χ0n) is 22.5. The fourth-order valence-corrected chi connectivity index (χ4v) is 4.43. The maximum Gasteiger partial charge on any atom is 0.343 e. The molecule has 0 aliphatic heterocycles. The molecule has 40 heavy (non-hydrogen) atoms. The van der Waals surface area contributed by atoms with Gasteiger partial charge in [0.15, 0.2) is 11.4 Å². The Hall–Kier alpha value is -4.98. The molecule has 204 valence electrons. The number of ether oxygens (including phenoxy) is 2. The van der Waals surface area contributed by atoms with Crippen LogP contribution in [0.2, 0.25) is 0 Å². The SMILES string of the molecule is COc1ccnc(C(=O)N[C@@H](C)C(=O)N[C@@H](C)C(c2ccccc2)c2ccccc2)c1OC(=O)c1ccccc1. The van der Waals surface area contributed by atoms with Crippen molar-refractivity contribution in [3.05, 3.63) is 126 Å². The second kappa shape index (κ2) is 13.2. The topological polar surface area (TPSA) is 107 Å². The number of methoxy groups -OCH3 is 1. The highest BCUT2D eigenvalue weighted by Crippen LogP contribution is 2.31. The second-order valence-corrected chi connectivity index (χ2v) is 9.24. The lowest BCUT2D eigenvalue weighted by Crippen LogP contribution is -2.49. The molecule has 0 radical (unpaired) electrons. The van der Waals surface area contributed by atoms with Gasteiger partial charge in [0.05, 0.1) is 12.7 Å². The summed E-state index contributed by atoms with van der Waals surface area (Å²) in [6.45, 7) is 3.51. The molecule has 0 spiro atoms. The Morgan fingerprint density at radius 1 is 0.750 bits per heavy atom. The first kappa shape index (κ1) is 28.0. The van der Waals surface area contributed by atoms with Crippen LogP contribution in [0.3, 0.4) is 0 Å². The van der Waals surface area contributed by atoms with E-state index in [0.29, 0.717) is 5.56 Å². The van der Waals surface area contributed by atoms with Gasteiger partial charge in [-0.15, -0.1) is 0 Å². The Bertz CT molecular complexity index is 1410. The third-order valence-electron chi connectivity index (χ3n) is 6.44. The van der Waals surface area contributed by atoms with Crippen molar-refractivity contribution in [1.29, 1.82) is 0 Å². The standard InChI is InChI=1S/C32H31N3O5/c1-21(27(23-13-7-4-8-14-23)24-15-9-5-10-16-24)34-30(36)22(2)35-31(37)28-29(26(39-3)19-20-33-28)40-32(38)25-17-11-6-12-18-25/h4-22,27H,1-3H3,(H,34,36)(H,35,37)/t21-,22-/m0/s1. The highest BCUT2D eigenvalue weighted by molar-refractivity contribution is 6.00. The molecular weight excluding hydrogens is 506 g/mol. The first-order valence-corrected chi connectivity index (χ1v) is 12.9. The van der Waals surface area contributed by atoms with Crippen LogP contribution in [0.1, 0.15) is 51.7 Å². The molecule has 4 aromatic rings. The zero-order valence-corrected chi connectivity index (χ0v) is 22.5. The predicted octanol–water partition coefficient (Wildman–Crippen LogP) is 4.76. The van der Waals surface area contributed by atoms with E-state index in [1.807, 2.05) is 67.6 Å². The molecule has 2 amide bonds. The lowest BCUT2D eigenvalue weighted by Gasteiger charge is -2.27. The lowest BCUT2D eigenvalue weighted by molar-refractivity contribution is -0.123. The van der Waals surface area contributed by atoms with Gasteiger partial charge in [-0.3, -0.25) is 9.59 Å².